The van der Waals surface area contributed by atoms with Crippen molar-refractivity contribution in [1.82, 2.24) is 0 Å². The summed E-state index contributed by atoms with van der Waals surface area (Å²) in [5, 5.41) is 9.30. The fourth-order valence-corrected chi connectivity index (χ4v) is 4.59. The van der Waals surface area contributed by atoms with Crippen LogP contribution in [0.25, 0.3) is 0 Å². The van der Waals surface area contributed by atoms with Crippen molar-refractivity contribution in [3.05, 3.63) is 108 Å². The molecule has 3 aromatic rings. The fourth-order valence-electron chi connectivity index (χ4n) is 4.59. The van der Waals surface area contributed by atoms with Crippen molar-refractivity contribution in [3.63, 3.8) is 0 Å². The van der Waals surface area contributed by atoms with Gasteiger partial charge in [0, 0.05) is 5.92 Å². The van der Waals surface area contributed by atoms with Gasteiger partial charge in [0.05, 0.1) is 32.5 Å². The molecule has 38 heavy (non-hydrogen) atoms. The first-order chi connectivity index (χ1) is 18.4. The standard InChI is InChI=1S/C30H32F2O6/c1-21-26(36-18-23-13-7-3-8-14-23)27(37-19-24-15-9-4-10-16-24)25(38-28(21)30(31,32)29(33)34)20-35-17-22-11-5-2-6-12-22/h2-16,21,25-28H,17-20H2,1H3,(H,33,34)/t21-,25-,26-,27-,28-/m1/s1. The highest BCUT2D eigenvalue weighted by molar-refractivity contribution is 5.76. The highest BCUT2D eigenvalue weighted by Gasteiger charge is 2.58. The molecule has 202 valence electrons. The third kappa shape index (κ3) is 7.02. The molecule has 4 rings (SSSR count). The van der Waals surface area contributed by atoms with Gasteiger partial charge in [-0.1, -0.05) is 97.9 Å². The molecule has 1 saturated heterocycles. The zero-order chi connectivity index (χ0) is 27.0. The van der Waals surface area contributed by atoms with Gasteiger partial charge in [0.2, 0.25) is 0 Å². The molecule has 1 fully saturated rings. The van der Waals surface area contributed by atoms with Crippen molar-refractivity contribution in [2.45, 2.75) is 57.1 Å². The van der Waals surface area contributed by atoms with Gasteiger partial charge in [-0.05, 0) is 16.7 Å². The van der Waals surface area contributed by atoms with Crippen LogP contribution in [0.4, 0.5) is 8.78 Å². The van der Waals surface area contributed by atoms with Crippen LogP contribution in [-0.4, -0.2) is 48.0 Å². The Bertz CT molecular complexity index is 1130. The van der Waals surface area contributed by atoms with Crippen LogP contribution in [0, 0.1) is 5.92 Å². The van der Waals surface area contributed by atoms with Gasteiger partial charge in [-0.25, -0.2) is 4.79 Å². The van der Waals surface area contributed by atoms with Crippen molar-refractivity contribution < 1.29 is 37.6 Å². The molecule has 1 aliphatic rings. The summed E-state index contributed by atoms with van der Waals surface area (Å²) in [6.07, 6.45) is -4.59. The summed E-state index contributed by atoms with van der Waals surface area (Å²) in [6.45, 7) is 2.00. The van der Waals surface area contributed by atoms with Gasteiger partial charge in [0.25, 0.3) is 0 Å². The van der Waals surface area contributed by atoms with E-state index in [9.17, 15) is 18.7 Å². The Morgan fingerprint density at radius 1 is 0.789 bits per heavy atom. The fraction of sp³-hybridized carbons (Fsp3) is 0.367. The summed E-state index contributed by atoms with van der Waals surface area (Å²) in [5.74, 6) is -7.37. The zero-order valence-electron chi connectivity index (χ0n) is 21.1. The van der Waals surface area contributed by atoms with E-state index in [1.807, 2.05) is 91.0 Å². The number of ether oxygens (including phenoxy) is 4. The molecule has 8 heteroatoms. The van der Waals surface area contributed by atoms with Gasteiger partial charge in [-0.2, -0.15) is 8.78 Å². The summed E-state index contributed by atoms with van der Waals surface area (Å²) in [4.78, 5) is 11.5. The third-order valence-electron chi connectivity index (χ3n) is 6.61. The smallest absolute Gasteiger partial charge is 0.377 e. The molecule has 0 spiro atoms. The SMILES string of the molecule is C[C@@H]1[C@@H](OCc2ccccc2)[C@H](OCc2ccccc2)[C@@H](COCc2ccccc2)O[C@H]1C(F)(F)C(=O)O. The lowest BCUT2D eigenvalue weighted by atomic mass is 9.84. The highest BCUT2D eigenvalue weighted by Crippen LogP contribution is 2.39. The van der Waals surface area contributed by atoms with Crippen LogP contribution < -0.4 is 0 Å². The molecule has 1 heterocycles. The minimum atomic E-state index is -4.13. The van der Waals surface area contributed by atoms with Gasteiger partial charge < -0.3 is 24.1 Å². The second-order valence-electron chi connectivity index (χ2n) is 9.41. The maximum Gasteiger partial charge on any atom is 0.377 e. The number of hydrogen-bond acceptors (Lipinski definition) is 5. The van der Waals surface area contributed by atoms with Crippen LogP contribution in [0.3, 0.4) is 0 Å². The summed E-state index contributed by atoms with van der Waals surface area (Å²) in [6, 6.07) is 28.2. The molecule has 0 aliphatic carbocycles. The van der Waals surface area contributed by atoms with Crippen molar-refractivity contribution in [2.24, 2.45) is 5.92 Å². The van der Waals surface area contributed by atoms with E-state index in [1.165, 1.54) is 6.92 Å². The van der Waals surface area contributed by atoms with E-state index in [4.69, 9.17) is 18.9 Å². The molecule has 0 aromatic heterocycles. The maximum absolute atomic E-state index is 14.9. The third-order valence-corrected chi connectivity index (χ3v) is 6.61. The van der Waals surface area contributed by atoms with E-state index in [0.29, 0.717) is 0 Å². The van der Waals surface area contributed by atoms with E-state index in [1.54, 1.807) is 0 Å². The van der Waals surface area contributed by atoms with Crippen LogP contribution >= 0.6 is 0 Å². The Morgan fingerprint density at radius 3 is 1.71 bits per heavy atom. The van der Waals surface area contributed by atoms with Crippen LogP contribution in [0.5, 0.6) is 0 Å². The topological polar surface area (TPSA) is 74.2 Å². The number of hydrogen-bond donors (Lipinski definition) is 1. The minimum Gasteiger partial charge on any atom is -0.477 e. The highest BCUT2D eigenvalue weighted by atomic mass is 19.3. The number of carboxylic acid groups (broad SMARTS) is 1. The average molecular weight is 527 g/mol. The number of alkyl halides is 2. The van der Waals surface area contributed by atoms with Crippen LogP contribution in [0.2, 0.25) is 0 Å². The van der Waals surface area contributed by atoms with Gasteiger partial charge in [-0.15, -0.1) is 0 Å². The molecule has 0 saturated carbocycles. The zero-order valence-corrected chi connectivity index (χ0v) is 21.1. The first-order valence-electron chi connectivity index (χ1n) is 12.6. The lowest BCUT2D eigenvalue weighted by Gasteiger charge is -2.46. The van der Waals surface area contributed by atoms with Gasteiger partial charge in [0.1, 0.15) is 18.3 Å². The second-order valence-corrected chi connectivity index (χ2v) is 9.41. The monoisotopic (exact) mass is 526 g/mol. The summed E-state index contributed by atoms with van der Waals surface area (Å²) in [5.41, 5.74) is 2.65. The minimum absolute atomic E-state index is 0.0849. The van der Waals surface area contributed by atoms with Gasteiger partial charge in [-0.3, -0.25) is 0 Å². The predicted molar refractivity (Wildman–Crippen MR) is 137 cm³/mol. The Kier molecular flexibility index (Phi) is 9.58. The normalized spacial score (nSPS) is 23.7. The molecule has 0 bridgehead atoms. The van der Waals surface area contributed by atoms with Gasteiger partial charge >= 0.3 is 11.9 Å². The Labute approximate surface area is 221 Å². The molecular weight excluding hydrogens is 494 g/mol. The van der Waals surface area contributed by atoms with Crippen LogP contribution in [0.15, 0.2) is 91.0 Å². The summed E-state index contributed by atoms with van der Waals surface area (Å²) < 4.78 is 53.9. The van der Waals surface area contributed by atoms with Gasteiger partial charge in [0.15, 0.2) is 0 Å². The first-order valence-corrected chi connectivity index (χ1v) is 12.6. The first kappa shape index (κ1) is 27.9. The molecule has 0 radical (unpaired) electrons. The lowest BCUT2D eigenvalue weighted by molar-refractivity contribution is -0.282. The Morgan fingerprint density at radius 2 is 1.24 bits per heavy atom. The number of benzene rings is 3. The predicted octanol–water partition coefficient (Wildman–Crippen LogP) is 5.50. The molecule has 6 nitrogen and oxygen atoms in total. The maximum atomic E-state index is 14.9. The van der Waals surface area contributed by atoms with Crippen LogP contribution in [0.1, 0.15) is 23.6 Å². The number of halogens is 2. The lowest BCUT2D eigenvalue weighted by Crippen LogP contribution is -2.62. The number of aliphatic carboxylic acids is 1. The number of carboxylic acids is 1. The quantitative estimate of drug-likeness (QED) is 0.336. The molecule has 0 unspecified atom stereocenters. The van der Waals surface area contributed by atoms with Crippen molar-refractivity contribution in [2.75, 3.05) is 6.61 Å². The van der Waals surface area contributed by atoms with Crippen molar-refractivity contribution in [3.8, 4) is 0 Å². The van der Waals surface area contributed by atoms with E-state index in [-0.39, 0.29) is 26.4 Å². The largest absolute Gasteiger partial charge is 0.477 e. The molecule has 1 aliphatic heterocycles. The van der Waals surface area contributed by atoms with Crippen molar-refractivity contribution in [1.29, 1.82) is 0 Å². The number of carbonyl (C=O) groups is 1. The van der Waals surface area contributed by atoms with E-state index >= 15 is 0 Å². The second kappa shape index (κ2) is 13.1. The van der Waals surface area contributed by atoms with Crippen molar-refractivity contribution >= 4 is 5.97 Å². The molecule has 0 amide bonds. The molecule has 1 N–H and O–H groups in total. The Balaban J connectivity index is 1.59. The average Bonchev–Trinajstić information content (AvgIpc) is 2.93. The van der Waals surface area contributed by atoms with E-state index in [0.717, 1.165) is 16.7 Å². The summed E-state index contributed by atoms with van der Waals surface area (Å²) in [7, 11) is 0. The van der Waals surface area contributed by atoms with E-state index in [2.05, 4.69) is 0 Å². The summed E-state index contributed by atoms with van der Waals surface area (Å²) >= 11 is 0. The molecule has 3 aromatic carbocycles. The molecule has 5 atom stereocenters. The van der Waals surface area contributed by atoms with Crippen LogP contribution in [-0.2, 0) is 43.6 Å². The Hall–Kier alpha value is -3.17. The van der Waals surface area contributed by atoms with E-state index < -0.39 is 42.2 Å². The molecular formula is C30H32F2O6. The number of rotatable bonds is 12.